The van der Waals surface area contributed by atoms with Crippen LogP contribution in [0.2, 0.25) is 0 Å². The standard InChI is InChI=1S/C9H17NO/c1-7(2)9(5-4-6-9)8(11)10-3/h7H,4-6H2,1-3H3,(H,10,11). The molecule has 0 aromatic rings. The molecule has 1 saturated carbocycles. The predicted molar refractivity (Wildman–Crippen MR) is 45.2 cm³/mol. The number of carbonyl (C=O) groups is 1. The summed E-state index contributed by atoms with van der Waals surface area (Å²) in [5.74, 6) is 0.718. The maximum absolute atomic E-state index is 11.4. The Morgan fingerprint density at radius 1 is 1.45 bits per heavy atom. The van der Waals surface area contributed by atoms with Crippen molar-refractivity contribution in [2.24, 2.45) is 11.3 Å². The largest absolute Gasteiger partial charge is 0.359 e. The van der Waals surface area contributed by atoms with Crippen LogP contribution in [0.25, 0.3) is 0 Å². The van der Waals surface area contributed by atoms with Gasteiger partial charge >= 0.3 is 0 Å². The van der Waals surface area contributed by atoms with Crippen molar-refractivity contribution in [3.05, 3.63) is 0 Å². The van der Waals surface area contributed by atoms with Gasteiger partial charge in [0.25, 0.3) is 0 Å². The number of hydrogen-bond donors (Lipinski definition) is 1. The molecule has 0 aromatic heterocycles. The summed E-state index contributed by atoms with van der Waals surface area (Å²) < 4.78 is 0. The summed E-state index contributed by atoms with van der Waals surface area (Å²) in [5, 5.41) is 2.75. The minimum absolute atomic E-state index is 0.0191. The molecule has 0 atom stereocenters. The van der Waals surface area contributed by atoms with Crippen LogP contribution in [0.4, 0.5) is 0 Å². The Balaban J connectivity index is 2.67. The van der Waals surface area contributed by atoms with Crippen molar-refractivity contribution in [3.8, 4) is 0 Å². The summed E-state index contributed by atoms with van der Waals surface area (Å²) in [6.45, 7) is 4.27. The van der Waals surface area contributed by atoms with Gasteiger partial charge in [0.2, 0.25) is 5.91 Å². The van der Waals surface area contributed by atoms with Gasteiger partial charge in [-0.05, 0) is 18.8 Å². The summed E-state index contributed by atoms with van der Waals surface area (Å²) in [5.41, 5.74) is -0.0191. The number of amides is 1. The van der Waals surface area contributed by atoms with Crippen molar-refractivity contribution in [2.75, 3.05) is 7.05 Å². The third-order valence-electron chi connectivity index (χ3n) is 3.03. The van der Waals surface area contributed by atoms with E-state index in [1.54, 1.807) is 7.05 Å². The molecule has 1 fully saturated rings. The van der Waals surface area contributed by atoms with Gasteiger partial charge in [-0.3, -0.25) is 4.79 Å². The fourth-order valence-electron chi connectivity index (χ4n) is 1.87. The third kappa shape index (κ3) is 1.15. The average molecular weight is 155 g/mol. The van der Waals surface area contributed by atoms with Gasteiger partial charge in [-0.1, -0.05) is 20.3 Å². The van der Waals surface area contributed by atoms with Crippen LogP contribution in [0.1, 0.15) is 33.1 Å². The van der Waals surface area contributed by atoms with Crippen LogP contribution in [-0.2, 0) is 4.79 Å². The van der Waals surface area contributed by atoms with Crippen molar-refractivity contribution < 1.29 is 4.79 Å². The van der Waals surface area contributed by atoms with Crippen LogP contribution in [-0.4, -0.2) is 13.0 Å². The Morgan fingerprint density at radius 3 is 2.09 bits per heavy atom. The van der Waals surface area contributed by atoms with E-state index in [2.05, 4.69) is 19.2 Å². The fraction of sp³-hybridized carbons (Fsp3) is 0.889. The molecule has 0 heterocycles. The molecule has 0 unspecified atom stereocenters. The molecule has 2 nitrogen and oxygen atoms in total. The van der Waals surface area contributed by atoms with Crippen molar-refractivity contribution in [1.82, 2.24) is 5.32 Å². The quantitative estimate of drug-likeness (QED) is 0.644. The van der Waals surface area contributed by atoms with E-state index in [4.69, 9.17) is 0 Å². The zero-order chi connectivity index (χ0) is 8.48. The molecular formula is C9H17NO. The molecule has 0 saturated heterocycles. The molecule has 0 spiro atoms. The normalized spacial score (nSPS) is 21.1. The molecule has 64 valence electrons. The van der Waals surface area contributed by atoms with Gasteiger partial charge in [-0.25, -0.2) is 0 Å². The Morgan fingerprint density at radius 2 is 2.00 bits per heavy atom. The van der Waals surface area contributed by atoms with E-state index in [-0.39, 0.29) is 11.3 Å². The smallest absolute Gasteiger partial charge is 0.226 e. The summed E-state index contributed by atoms with van der Waals surface area (Å²) in [7, 11) is 1.73. The molecule has 1 aliphatic carbocycles. The number of rotatable bonds is 2. The molecule has 1 amide bonds. The molecule has 0 radical (unpaired) electrons. The van der Waals surface area contributed by atoms with Gasteiger partial charge in [0.05, 0.1) is 5.41 Å². The van der Waals surface area contributed by atoms with Crippen molar-refractivity contribution in [2.45, 2.75) is 33.1 Å². The molecule has 2 heteroatoms. The first-order valence-electron chi connectivity index (χ1n) is 4.35. The van der Waals surface area contributed by atoms with E-state index < -0.39 is 0 Å². The van der Waals surface area contributed by atoms with Crippen LogP contribution in [0.5, 0.6) is 0 Å². The van der Waals surface area contributed by atoms with Crippen LogP contribution in [0.15, 0.2) is 0 Å². The maximum Gasteiger partial charge on any atom is 0.226 e. The summed E-state index contributed by atoms with van der Waals surface area (Å²) >= 11 is 0. The lowest BCUT2D eigenvalue weighted by Crippen LogP contribution is -2.47. The number of carbonyl (C=O) groups excluding carboxylic acids is 1. The van der Waals surface area contributed by atoms with Gasteiger partial charge in [-0.15, -0.1) is 0 Å². The van der Waals surface area contributed by atoms with Crippen molar-refractivity contribution in [1.29, 1.82) is 0 Å². The van der Waals surface area contributed by atoms with Gasteiger partial charge in [0.1, 0.15) is 0 Å². The second kappa shape index (κ2) is 2.84. The van der Waals surface area contributed by atoms with Crippen LogP contribution in [0.3, 0.4) is 0 Å². The Bertz CT molecular complexity index is 159. The number of hydrogen-bond acceptors (Lipinski definition) is 1. The minimum Gasteiger partial charge on any atom is -0.359 e. The SMILES string of the molecule is CNC(=O)C1(C(C)C)CCC1. The van der Waals surface area contributed by atoms with Gasteiger partial charge in [0, 0.05) is 7.05 Å². The van der Waals surface area contributed by atoms with E-state index in [0.29, 0.717) is 5.92 Å². The average Bonchev–Trinajstić information content (AvgIpc) is 1.84. The molecular weight excluding hydrogens is 138 g/mol. The Kier molecular flexibility index (Phi) is 2.21. The zero-order valence-electron chi connectivity index (χ0n) is 7.61. The lowest BCUT2D eigenvalue weighted by atomic mass is 9.61. The molecule has 1 rings (SSSR count). The van der Waals surface area contributed by atoms with E-state index in [1.165, 1.54) is 6.42 Å². The highest BCUT2D eigenvalue weighted by molar-refractivity contribution is 5.83. The van der Waals surface area contributed by atoms with Crippen molar-refractivity contribution >= 4 is 5.91 Å². The zero-order valence-corrected chi connectivity index (χ0v) is 7.61. The first kappa shape index (κ1) is 8.57. The molecule has 1 aliphatic rings. The van der Waals surface area contributed by atoms with Crippen LogP contribution >= 0.6 is 0 Å². The lowest BCUT2D eigenvalue weighted by molar-refractivity contribution is -0.139. The molecule has 0 bridgehead atoms. The highest BCUT2D eigenvalue weighted by Gasteiger charge is 2.45. The fourth-order valence-corrected chi connectivity index (χ4v) is 1.87. The number of nitrogens with one attached hydrogen (secondary N) is 1. The molecule has 1 N–H and O–H groups in total. The minimum atomic E-state index is -0.0191. The summed E-state index contributed by atoms with van der Waals surface area (Å²) in [6.07, 6.45) is 3.36. The van der Waals surface area contributed by atoms with Gasteiger partial charge in [0.15, 0.2) is 0 Å². The first-order chi connectivity index (χ1) is 5.13. The van der Waals surface area contributed by atoms with Gasteiger partial charge < -0.3 is 5.32 Å². The highest BCUT2D eigenvalue weighted by Crippen LogP contribution is 2.46. The van der Waals surface area contributed by atoms with E-state index in [1.807, 2.05) is 0 Å². The maximum atomic E-state index is 11.4. The van der Waals surface area contributed by atoms with Crippen LogP contribution in [0, 0.1) is 11.3 Å². The van der Waals surface area contributed by atoms with Gasteiger partial charge in [-0.2, -0.15) is 0 Å². The molecule has 11 heavy (non-hydrogen) atoms. The first-order valence-corrected chi connectivity index (χ1v) is 4.35. The molecule has 0 aliphatic heterocycles. The Hall–Kier alpha value is -0.530. The van der Waals surface area contributed by atoms with E-state index >= 15 is 0 Å². The summed E-state index contributed by atoms with van der Waals surface area (Å²) in [4.78, 5) is 11.4. The monoisotopic (exact) mass is 155 g/mol. The van der Waals surface area contributed by atoms with E-state index in [9.17, 15) is 4.79 Å². The second-order valence-electron chi connectivity index (χ2n) is 3.74. The predicted octanol–water partition coefficient (Wildman–Crippen LogP) is 1.56. The van der Waals surface area contributed by atoms with Crippen LogP contribution < -0.4 is 5.32 Å². The highest BCUT2D eigenvalue weighted by atomic mass is 16.2. The molecule has 0 aromatic carbocycles. The van der Waals surface area contributed by atoms with E-state index in [0.717, 1.165) is 12.8 Å². The lowest BCUT2D eigenvalue weighted by Gasteiger charge is -2.43. The summed E-state index contributed by atoms with van der Waals surface area (Å²) in [6, 6.07) is 0. The van der Waals surface area contributed by atoms with Crippen molar-refractivity contribution in [3.63, 3.8) is 0 Å². The second-order valence-corrected chi connectivity index (χ2v) is 3.74. The third-order valence-corrected chi connectivity index (χ3v) is 3.03. The topological polar surface area (TPSA) is 29.1 Å². The Labute approximate surface area is 68.4 Å².